The molecule has 2 aliphatic rings. The second-order valence-corrected chi connectivity index (χ2v) is 34.4. The van der Waals surface area contributed by atoms with Gasteiger partial charge in [-0.25, -0.2) is 0 Å². The third-order valence-corrected chi connectivity index (χ3v) is 24.4. The molecule has 6 unspecified atom stereocenters. The molecule has 0 aromatic heterocycles. The molecule has 0 spiro atoms. The average Bonchev–Trinajstić information content (AvgIpc) is 0.809. The molecular formula is C94H179N3O9. The van der Waals surface area contributed by atoms with E-state index in [4.69, 9.17) is 18.9 Å². The van der Waals surface area contributed by atoms with Crippen molar-refractivity contribution in [2.24, 2.45) is 41.4 Å². The highest BCUT2D eigenvalue weighted by Gasteiger charge is 2.39. The molecule has 1 saturated carbocycles. The van der Waals surface area contributed by atoms with Crippen LogP contribution < -0.4 is 5.32 Å². The first kappa shape index (κ1) is 99.3. The van der Waals surface area contributed by atoms with Gasteiger partial charge in [-0.05, 0) is 197 Å². The van der Waals surface area contributed by atoms with Crippen LogP contribution in [0.3, 0.4) is 0 Å². The first-order chi connectivity index (χ1) is 51.9. The highest BCUT2D eigenvalue weighted by atomic mass is 16.5. The van der Waals surface area contributed by atoms with E-state index in [9.17, 15) is 24.0 Å². The van der Waals surface area contributed by atoms with E-state index in [2.05, 4.69) is 63.8 Å². The van der Waals surface area contributed by atoms with Crippen molar-refractivity contribution < 1.29 is 42.9 Å². The number of nitrogens with zero attached hydrogens (tertiary/aromatic N) is 2. The number of amides is 1. The van der Waals surface area contributed by atoms with E-state index in [0.717, 1.165) is 196 Å². The molecule has 1 heterocycles. The molecule has 624 valence electrons. The monoisotopic (exact) mass is 1490 g/mol. The Bertz CT molecular complexity index is 1980. The Morgan fingerprint density at radius 1 is 0.415 bits per heavy atom. The van der Waals surface area contributed by atoms with Crippen LogP contribution in [0.1, 0.15) is 458 Å². The van der Waals surface area contributed by atoms with E-state index in [1.807, 2.05) is 0 Å². The first-order valence-electron chi connectivity index (χ1n) is 47.2. The molecule has 1 saturated heterocycles. The highest BCUT2D eigenvalue weighted by molar-refractivity contribution is 5.76. The number of rotatable bonds is 52. The van der Waals surface area contributed by atoms with Gasteiger partial charge in [0, 0.05) is 45.2 Å². The van der Waals surface area contributed by atoms with Crippen LogP contribution in [0.2, 0.25) is 0 Å². The normalized spacial score (nSPS) is 20.3. The number of hydrogen-bond donors (Lipinski definition) is 1. The Morgan fingerprint density at radius 2 is 0.821 bits per heavy atom. The third kappa shape index (κ3) is 60.0. The van der Waals surface area contributed by atoms with Crippen LogP contribution in [0.5, 0.6) is 0 Å². The predicted octanol–water partition coefficient (Wildman–Crippen LogP) is 26.3. The number of esters is 4. The number of carbonyl (C=O) groups is 5. The van der Waals surface area contributed by atoms with Gasteiger partial charge in [-0.1, -0.05) is 304 Å². The average molecular weight is 1500 g/mol. The molecule has 0 radical (unpaired) electrons. The largest absolute Gasteiger partial charge is 0.466 e. The first-order valence-corrected chi connectivity index (χ1v) is 47.2. The summed E-state index contributed by atoms with van der Waals surface area (Å²) >= 11 is 0. The molecule has 12 nitrogen and oxygen atoms in total. The molecular weight excluding hydrogens is 1320 g/mol. The topological polar surface area (TPSA) is 141 Å². The molecule has 2 rings (SSSR count). The minimum atomic E-state index is -0.0353. The van der Waals surface area contributed by atoms with Crippen molar-refractivity contribution in [2.75, 3.05) is 73.2 Å². The van der Waals surface area contributed by atoms with Gasteiger partial charge < -0.3 is 34.1 Å². The Hall–Kier alpha value is -2.73. The Morgan fingerprint density at radius 3 is 1.30 bits per heavy atom. The molecule has 1 amide bonds. The summed E-state index contributed by atoms with van der Waals surface area (Å²) < 4.78 is 23.2. The zero-order valence-corrected chi connectivity index (χ0v) is 71.6. The van der Waals surface area contributed by atoms with Gasteiger partial charge in [0.25, 0.3) is 0 Å². The van der Waals surface area contributed by atoms with Crippen LogP contribution in [-0.4, -0.2) is 113 Å². The smallest absolute Gasteiger partial charge is 0.305 e. The maximum absolute atomic E-state index is 13.4. The molecule has 1 aliphatic carbocycles. The van der Waals surface area contributed by atoms with E-state index in [1.54, 1.807) is 0 Å². The van der Waals surface area contributed by atoms with Crippen molar-refractivity contribution in [1.82, 2.24) is 15.1 Å². The summed E-state index contributed by atoms with van der Waals surface area (Å²) in [4.78, 5) is 68.6. The van der Waals surface area contributed by atoms with Crippen molar-refractivity contribution in [3.63, 3.8) is 0 Å². The molecule has 0 aromatic carbocycles. The molecule has 2 fully saturated rings. The van der Waals surface area contributed by atoms with Crippen molar-refractivity contribution in [3.8, 4) is 0 Å². The van der Waals surface area contributed by atoms with E-state index >= 15 is 0 Å². The minimum Gasteiger partial charge on any atom is -0.466 e. The summed E-state index contributed by atoms with van der Waals surface area (Å²) in [5.74, 6) is 5.76. The summed E-state index contributed by atoms with van der Waals surface area (Å²) in [6.07, 6.45) is 75.9. The van der Waals surface area contributed by atoms with Crippen LogP contribution in [0.25, 0.3) is 0 Å². The van der Waals surface area contributed by atoms with Gasteiger partial charge in [0.05, 0.1) is 26.4 Å². The molecule has 1 N–H and O–H groups in total. The highest BCUT2D eigenvalue weighted by Crippen LogP contribution is 2.49. The number of fused-ring (bicyclic) bond motifs is 1. The molecule has 6 atom stereocenters. The molecule has 0 aromatic rings. The number of nitrogens with one attached hydrogen (secondary N) is 1. The van der Waals surface area contributed by atoms with Crippen LogP contribution in [0.15, 0.2) is 0 Å². The number of carbonyl (C=O) groups excluding carboxylic acids is 5. The van der Waals surface area contributed by atoms with Gasteiger partial charge in [-0.15, -0.1) is 0 Å². The number of ether oxygens (including phenoxy) is 4. The molecule has 12 heteroatoms. The van der Waals surface area contributed by atoms with Gasteiger partial charge >= 0.3 is 23.9 Å². The van der Waals surface area contributed by atoms with E-state index in [-0.39, 0.29) is 29.8 Å². The lowest BCUT2D eigenvalue weighted by atomic mass is 9.59. The Kier molecular flexibility index (Phi) is 69.1. The molecule has 1 aliphatic heterocycles. The summed E-state index contributed by atoms with van der Waals surface area (Å²) in [6, 6.07) is 0. The summed E-state index contributed by atoms with van der Waals surface area (Å²) in [6.45, 7) is 18.5. The zero-order chi connectivity index (χ0) is 76.7. The lowest BCUT2D eigenvalue weighted by molar-refractivity contribution is -0.144. The summed E-state index contributed by atoms with van der Waals surface area (Å²) in [7, 11) is 4.13. The van der Waals surface area contributed by atoms with Gasteiger partial charge in [-0.2, -0.15) is 0 Å². The maximum atomic E-state index is 13.4. The summed E-state index contributed by atoms with van der Waals surface area (Å²) in [5, 5.41) is 3.64. The van der Waals surface area contributed by atoms with E-state index < -0.39 is 0 Å². The molecule has 0 bridgehead atoms. The summed E-state index contributed by atoms with van der Waals surface area (Å²) in [5.41, 5.74) is 0. The lowest BCUT2D eigenvalue weighted by Gasteiger charge is -2.46. The van der Waals surface area contributed by atoms with Crippen molar-refractivity contribution in [1.29, 1.82) is 0 Å². The minimum absolute atomic E-state index is 0.00594. The zero-order valence-electron chi connectivity index (χ0n) is 71.6. The van der Waals surface area contributed by atoms with Crippen LogP contribution >= 0.6 is 0 Å². The Balaban J connectivity index is 1.84. The Labute approximate surface area is 657 Å². The fraction of sp³-hybridized carbons (Fsp3) is 0.947. The standard InChI is InChI=1S/C94H179N3O9/c1-8-13-30-53-83(54-31-14-9-2)61-49-78-103-91(99)69-35-22-18-26-43-73-95-74-44-27-19-23-36-70-92(100)106-81-52-64-86(57-34-17-12-5)60-47-66-88-82-87-65-41-39-58-84(55-32-15-10-3)62-50-79-104-93(101)71-37-24-20-28-45-76-97(90(98)68-48-75-96(6)7)77-46-29-21-25-38-72-94(102)105-80-51-63-85(56-33-16-11-4)59-40-42-67-89(87)88/h83-89,95H,8-82H2,1-7H3. The van der Waals surface area contributed by atoms with Crippen LogP contribution in [-0.2, 0) is 42.9 Å². The van der Waals surface area contributed by atoms with E-state index in [0.29, 0.717) is 58.5 Å². The van der Waals surface area contributed by atoms with Gasteiger partial charge in [0.15, 0.2) is 0 Å². The van der Waals surface area contributed by atoms with Crippen LogP contribution in [0, 0.1) is 41.4 Å². The maximum Gasteiger partial charge on any atom is 0.305 e. The van der Waals surface area contributed by atoms with Crippen molar-refractivity contribution >= 4 is 29.8 Å². The van der Waals surface area contributed by atoms with Gasteiger partial charge in [-0.3, -0.25) is 24.0 Å². The number of hydrogen-bond acceptors (Lipinski definition) is 11. The van der Waals surface area contributed by atoms with E-state index in [1.165, 1.54) is 270 Å². The second-order valence-electron chi connectivity index (χ2n) is 34.4. The molecule has 106 heavy (non-hydrogen) atoms. The lowest BCUT2D eigenvalue weighted by Crippen LogP contribution is -2.36. The SMILES string of the molecule is CCCCCC(CCCCC)CCCOC(=O)CCCCCCCNCCCCCCCC(=O)OCCCC(CCCCC)CCCC1CC2CCCCC(CCCCC)CCCOC(=O)CCCCCCCN(C(=O)CCCN(C)C)CCCCCCCC(=O)OCCCC(CCCCC)CCCCC21. The predicted molar refractivity (Wildman–Crippen MR) is 449 cm³/mol. The quantitative estimate of drug-likeness (QED) is 0.0353. The van der Waals surface area contributed by atoms with Gasteiger partial charge in [0.2, 0.25) is 5.91 Å². The fourth-order valence-electron chi connectivity index (χ4n) is 17.5. The van der Waals surface area contributed by atoms with Crippen molar-refractivity contribution in [2.45, 2.75) is 458 Å². The second kappa shape index (κ2) is 73.7. The van der Waals surface area contributed by atoms with Crippen LogP contribution in [0.4, 0.5) is 0 Å². The fourth-order valence-corrected chi connectivity index (χ4v) is 17.5. The number of unbranched alkanes of at least 4 members (excludes halogenated alkanes) is 18. The van der Waals surface area contributed by atoms with Gasteiger partial charge in [0.1, 0.15) is 0 Å². The number of cyclic esters (lactones) is 2. The van der Waals surface area contributed by atoms with Crippen molar-refractivity contribution in [3.05, 3.63) is 0 Å². The third-order valence-electron chi connectivity index (χ3n) is 24.4.